The molecule has 2 heterocycles. The van der Waals surface area contributed by atoms with Crippen molar-refractivity contribution in [1.29, 1.82) is 0 Å². The van der Waals surface area contributed by atoms with Gasteiger partial charge in [0.1, 0.15) is 5.01 Å². The summed E-state index contributed by atoms with van der Waals surface area (Å²) in [4.78, 5) is 30.7. The number of aromatic amines is 1. The van der Waals surface area contributed by atoms with Crippen LogP contribution in [0.1, 0.15) is 10.4 Å². The third-order valence-corrected chi connectivity index (χ3v) is 4.82. The normalized spacial score (nSPS) is 10.7. The lowest BCUT2D eigenvalue weighted by molar-refractivity contribution is 0.102. The number of nitrogens with zero attached hydrogens (tertiary/aromatic N) is 1. The molecular weight excluding hydrogens is 334 g/mol. The zero-order chi connectivity index (χ0) is 17.2. The molecule has 0 unspecified atom stereocenters. The predicted octanol–water partition coefficient (Wildman–Crippen LogP) is 3.90. The molecule has 5 nitrogen and oxygen atoms in total. The number of carbonyl (C=O) groups excluding carboxylic acids is 1. The number of thiazole rings is 1. The molecule has 1 amide bonds. The number of H-pyrrole nitrogens is 1. The average molecular weight is 347 g/mol. The molecule has 0 bridgehead atoms. The molecule has 122 valence electrons. The standard InChI is InChI=1S/C19H13N3O2S/c23-17-10-9-12(11-20-17)18(24)21-14-6-2-1-5-13(14)19-22-15-7-3-4-8-16(15)25-19/h1-11H,(H,20,23)(H,21,24). The Balaban J connectivity index is 1.70. The molecule has 0 aliphatic carbocycles. The van der Waals surface area contributed by atoms with E-state index in [9.17, 15) is 9.59 Å². The van der Waals surface area contributed by atoms with Crippen molar-refractivity contribution in [1.82, 2.24) is 9.97 Å². The molecule has 25 heavy (non-hydrogen) atoms. The van der Waals surface area contributed by atoms with Crippen LogP contribution in [-0.4, -0.2) is 15.9 Å². The molecule has 0 spiro atoms. The van der Waals surface area contributed by atoms with Crippen LogP contribution in [-0.2, 0) is 0 Å². The van der Waals surface area contributed by atoms with Crippen molar-refractivity contribution in [3.8, 4) is 10.6 Å². The van der Waals surface area contributed by atoms with Crippen molar-refractivity contribution >= 4 is 33.1 Å². The first-order chi connectivity index (χ1) is 12.2. The Morgan fingerprint density at radius 1 is 1.00 bits per heavy atom. The van der Waals surface area contributed by atoms with Gasteiger partial charge in [0.05, 0.1) is 21.5 Å². The number of carbonyl (C=O) groups is 1. The number of rotatable bonds is 3. The quantitative estimate of drug-likeness (QED) is 0.590. The summed E-state index contributed by atoms with van der Waals surface area (Å²) in [6.45, 7) is 0. The van der Waals surface area contributed by atoms with E-state index in [1.165, 1.54) is 18.3 Å². The van der Waals surface area contributed by atoms with E-state index in [1.807, 2.05) is 48.5 Å². The first-order valence-electron chi connectivity index (χ1n) is 7.66. The molecule has 0 saturated heterocycles. The first kappa shape index (κ1) is 15.3. The third-order valence-electron chi connectivity index (χ3n) is 3.75. The number of fused-ring (bicyclic) bond motifs is 1. The van der Waals surface area contributed by atoms with E-state index in [0.717, 1.165) is 20.8 Å². The van der Waals surface area contributed by atoms with Gasteiger partial charge in [-0.15, -0.1) is 11.3 Å². The maximum Gasteiger partial charge on any atom is 0.257 e. The summed E-state index contributed by atoms with van der Waals surface area (Å²) in [6, 6.07) is 18.3. The minimum Gasteiger partial charge on any atom is -0.328 e. The molecule has 0 saturated carbocycles. The minimum absolute atomic E-state index is 0.244. The van der Waals surface area contributed by atoms with Crippen LogP contribution in [0.3, 0.4) is 0 Å². The van der Waals surface area contributed by atoms with E-state index >= 15 is 0 Å². The molecule has 0 aliphatic rings. The van der Waals surface area contributed by atoms with E-state index in [1.54, 1.807) is 11.3 Å². The van der Waals surface area contributed by atoms with Gasteiger partial charge >= 0.3 is 0 Å². The van der Waals surface area contributed by atoms with Crippen molar-refractivity contribution in [3.63, 3.8) is 0 Å². The van der Waals surface area contributed by atoms with Crippen LogP contribution >= 0.6 is 11.3 Å². The van der Waals surface area contributed by atoms with E-state index < -0.39 is 0 Å². The molecule has 2 N–H and O–H groups in total. The summed E-state index contributed by atoms with van der Waals surface area (Å²) in [6.07, 6.45) is 1.40. The second-order valence-electron chi connectivity index (χ2n) is 5.43. The zero-order valence-corrected chi connectivity index (χ0v) is 13.8. The predicted molar refractivity (Wildman–Crippen MR) is 100 cm³/mol. The SMILES string of the molecule is O=C(Nc1ccccc1-c1nc2ccccc2s1)c1ccc(=O)[nH]c1. The number of benzene rings is 2. The molecule has 0 aliphatic heterocycles. The molecule has 0 atom stereocenters. The lowest BCUT2D eigenvalue weighted by Gasteiger charge is -2.09. The van der Waals surface area contributed by atoms with Gasteiger partial charge in [-0.05, 0) is 30.3 Å². The number of aromatic nitrogens is 2. The summed E-state index contributed by atoms with van der Waals surface area (Å²) < 4.78 is 1.10. The highest BCUT2D eigenvalue weighted by Gasteiger charge is 2.13. The van der Waals surface area contributed by atoms with Crippen LogP contribution in [0.5, 0.6) is 0 Å². The Bertz CT molecular complexity index is 1080. The fourth-order valence-electron chi connectivity index (χ4n) is 2.51. The fourth-order valence-corrected chi connectivity index (χ4v) is 3.52. The Morgan fingerprint density at radius 3 is 2.60 bits per heavy atom. The molecule has 0 radical (unpaired) electrons. The van der Waals surface area contributed by atoms with Gasteiger partial charge in [0.2, 0.25) is 5.56 Å². The second-order valence-corrected chi connectivity index (χ2v) is 6.46. The number of pyridine rings is 1. The summed E-state index contributed by atoms with van der Waals surface area (Å²) in [5, 5.41) is 3.74. The van der Waals surface area contributed by atoms with E-state index in [4.69, 9.17) is 0 Å². The van der Waals surface area contributed by atoms with Crippen LogP contribution in [0, 0.1) is 0 Å². The highest BCUT2D eigenvalue weighted by atomic mass is 32.1. The van der Waals surface area contributed by atoms with Crippen molar-refractivity contribution < 1.29 is 4.79 Å². The molecule has 4 rings (SSSR count). The smallest absolute Gasteiger partial charge is 0.257 e. The third kappa shape index (κ3) is 3.07. The lowest BCUT2D eigenvalue weighted by Crippen LogP contribution is -2.15. The molecule has 6 heteroatoms. The topological polar surface area (TPSA) is 74.8 Å². The van der Waals surface area contributed by atoms with Crippen LogP contribution in [0.15, 0.2) is 71.7 Å². The summed E-state index contributed by atoms with van der Waals surface area (Å²) >= 11 is 1.58. The van der Waals surface area contributed by atoms with Crippen molar-refractivity contribution in [2.75, 3.05) is 5.32 Å². The van der Waals surface area contributed by atoms with Crippen LogP contribution in [0.25, 0.3) is 20.8 Å². The van der Waals surface area contributed by atoms with Gasteiger partial charge < -0.3 is 10.3 Å². The monoisotopic (exact) mass is 347 g/mol. The number of amides is 1. The van der Waals surface area contributed by atoms with Gasteiger partial charge in [-0.25, -0.2) is 4.98 Å². The van der Waals surface area contributed by atoms with E-state index in [2.05, 4.69) is 15.3 Å². The Kier molecular flexibility index (Phi) is 3.87. The van der Waals surface area contributed by atoms with Crippen LogP contribution < -0.4 is 10.9 Å². The molecule has 4 aromatic rings. The van der Waals surface area contributed by atoms with Gasteiger partial charge in [0, 0.05) is 17.8 Å². The fraction of sp³-hybridized carbons (Fsp3) is 0. The summed E-state index contributed by atoms with van der Waals surface area (Å²) in [7, 11) is 0. The average Bonchev–Trinajstić information content (AvgIpc) is 3.06. The number of hydrogen-bond donors (Lipinski definition) is 2. The van der Waals surface area contributed by atoms with Crippen molar-refractivity contribution in [3.05, 3.63) is 82.8 Å². The van der Waals surface area contributed by atoms with Gasteiger partial charge in [-0.1, -0.05) is 24.3 Å². The van der Waals surface area contributed by atoms with Crippen LogP contribution in [0.4, 0.5) is 5.69 Å². The number of anilines is 1. The number of hydrogen-bond acceptors (Lipinski definition) is 4. The highest BCUT2D eigenvalue weighted by molar-refractivity contribution is 7.21. The highest BCUT2D eigenvalue weighted by Crippen LogP contribution is 2.34. The summed E-state index contributed by atoms with van der Waals surface area (Å²) in [5.41, 5.74) is 2.62. The maximum atomic E-state index is 12.4. The molecule has 2 aromatic heterocycles. The second kappa shape index (κ2) is 6.33. The molecule has 2 aromatic carbocycles. The lowest BCUT2D eigenvalue weighted by atomic mass is 10.1. The van der Waals surface area contributed by atoms with Gasteiger partial charge in [-0.3, -0.25) is 9.59 Å². The maximum absolute atomic E-state index is 12.4. The number of nitrogens with one attached hydrogen (secondary N) is 2. The van der Waals surface area contributed by atoms with Gasteiger partial charge in [-0.2, -0.15) is 0 Å². The van der Waals surface area contributed by atoms with Gasteiger partial charge in [0.25, 0.3) is 5.91 Å². The Labute approximate surface area is 147 Å². The largest absolute Gasteiger partial charge is 0.328 e. The van der Waals surface area contributed by atoms with Crippen molar-refractivity contribution in [2.45, 2.75) is 0 Å². The van der Waals surface area contributed by atoms with Crippen LogP contribution in [0.2, 0.25) is 0 Å². The van der Waals surface area contributed by atoms with E-state index in [-0.39, 0.29) is 11.5 Å². The molecule has 0 fully saturated rings. The van der Waals surface area contributed by atoms with E-state index in [0.29, 0.717) is 11.3 Å². The number of para-hydroxylation sites is 2. The Morgan fingerprint density at radius 2 is 1.80 bits per heavy atom. The minimum atomic E-state index is -0.287. The molecular formula is C19H13N3O2S. The Hall–Kier alpha value is -3.25. The zero-order valence-electron chi connectivity index (χ0n) is 13.0. The first-order valence-corrected chi connectivity index (χ1v) is 8.47. The van der Waals surface area contributed by atoms with Crippen molar-refractivity contribution in [2.24, 2.45) is 0 Å². The summed E-state index contributed by atoms with van der Waals surface area (Å²) in [5.74, 6) is -0.287. The van der Waals surface area contributed by atoms with Gasteiger partial charge in [0.15, 0.2) is 0 Å².